The monoisotopic (exact) mass is 1460 g/mol. The van der Waals surface area contributed by atoms with Gasteiger partial charge in [0, 0.05) is 62.7 Å². The minimum absolute atomic E-state index is 0. The van der Waals surface area contributed by atoms with Gasteiger partial charge in [0.05, 0.1) is 52.1 Å². The highest BCUT2D eigenvalue weighted by molar-refractivity contribution is 7.80. The molecule has 101 heavy (non-hydrogen) atoms. The number of aliphatic carboxylic acids is 6. The van der Waals surface area contributed by atoms with Crippen LogP contribution < -0.4 is 25.6 Å². The topological polar surface area (TPSA) is 706 Å². The second-order valence-corrected chi connectivity index (χ2v) is 23.1. The maximum atomic E-state index is 14.4. The van der Waals surface area contributed by atoms with Crippen molar-refractivity contribution in [3.05, 3.63) is 76.7 Å². The van der Waals surface area contributed by atoms with Crippen molar-refractivity contribution in [1.82, 2.24) is 5.32 Å². The maximum absolute atomic E-state index is 14.4. The van der Waals surface area contributed by atoms with Gasteiger partial charge < -0.3 is 146 Å². The van der Waals surface area contributed by atoms with E-state index >= 15 is 0 Å². The predicted molar refractivity (Wildman–Crippen MR) is 324 cm³/mol. The summed E-state index contributed by atoms with van der Waals surface area (Å²) in [5, 5.41) is 213. The third kappa shape index (κ3) is 16.0. The second-order valence-electron chi connectivity index (χ2n) is 22.6. The van der Waals surface area contributed by atoms with Crippen molar-refractivity contribution in [1.29, 1.82) is 0 Å². The SMILES string of the molecule is CC(=O)C1C2CCC(C2)C1C(=O)[O-].CCC1=C(O)CC2NCCOC2=C1C(=O)O.Cc1c(O)c(O)c(C(O)C(OC(=O)C2=C(O)C(C(=O)O)C(O)C(C(C(=O)Oc3c(N)c(O)c(C(=O)OC(=O)C(=O)O)c4c3OC(O)C(C(=O)O)=C4O)C(O)C(O)C(O)OC=O)C2O)C(=O)O)c(O)c1S.[CH3+].[CH3+]. The number of anilines is 1. The van der Waals surface area contributed by atoms with Crippen molar-refractivity contribution in [2.45, 2.75) is 113 Å². The number of benzene rings is 2. The molecule has 4 aliphatic carbocycles. The van der Waals surface area contributed by atoms with Gasteiger partial charge in [-0.3, -0.25) is 19.2 Å². The zero-order valence-corrected chi connectivity index (χ0v) is 53.9. The van der Waals surface area contributed by atoms with Gasteiger partial charge in [0.1, 0.15) is 81.5 Å². The van der Waals surface area contributed by atoms with E-state index in [4.69, 9.17) is 29.8 Å². The Morgan fingerprint density at radius 2 is 1.40 bits per heavy atom. The number of rotatable bonds is 20. The van der Waals surface area contributed by atoms with Gasteiger partial charge in [0.25, 0.3) is 6.47 Å². The fraction of sp³-hybridized carbons (Fsp3) is 0.433. The van der Waals surface area contributed by atoms with Crippen LogP contribution in [0.2, 0.25) is 0 Å². The summed E-state index contributed by atoms with van der Waals surface area (Å²) in [4.78, 5) is 145. The fourth-order valence-corrected chi connectivity index (χ4v) is 12.7. The van der Waals surface area contributed by atoms with Gasteiger partial charge in [-0.15, -0.1) is 12.6 Å². The number of thiol groups is 1. The molecule has 8 rings (SSSR count). The lowest BCUT2D eigenvalue weighted by atomic mass is 9.68. The number of ketones is 1. The number of carboxylic acids is 6. The van der Waals surface area contributed by atoms with E-state index < -0.39 is 223 Å². The van der Waals surface area contributed by atoms with Crippen LogP contribution in [0.4, 0.5) is 5.69 Å². The van der Waals surface area contributed by atoms with Gasteiger partial charge >= 0.3 is 53.7 Å². The average molecular weight is 1460 g/mol. The highest BCUT2D eigenvalue weighted by Crippen LogP contribution is 2.54. The number of aliphatic hydroxyl groups is 10. The number of nitrogens with one attached hydrogen (secondary N) is 1. The zero-order chi connectivity index (χ0) is 74.7. The normalized spacial score (nSPS) is 24.2. The Hall–Kier alpha value is -10.8. The number of aliphatic hydroxyl groups excluding tert-OH is 10. The Bertz CT molecular complexity index is 3780. The Morgan fingerprint density at radius 1 is 0.802 bits per heavy atom. The van der Waals surface area contributed by atoms with E-state index in [2.05, 4.69) is 27.4 Å². The quantitative estimate of drug-likeness (QED) is 0.00501. The molecule has 16 atom stereocenters. The molecule has 0 spiro atoms. The molecule has 2 aliphatic heterocycles. The molecule has 0 amide bonds. The number of carboxylic acid groups (broad SMARTS) is 6. The molecule has 16 unspecified atom stereocenters. The van der Waals surface area contributed by atoms with Crippen molar-refractivity contribution in [3.63, 3.8) is 0 Å². The summed E-state index contributed by atoms with van der Waals surface area (Å²) in [7, 11) is 0. The van der Waals surface area contributed by atoms with Crippen LogP contribution in [0.25, 0.3) is 5.76 Å². The predicted octanol–water partition coefficient (Wildman–Crippen LogP) is -3.32. The van der Waals surface area contributed by atoms with Crippen LogP contribution in [0.15, 0.2) is 44.5 Å². The number of hydrogen-bond acceptors (Lipinski definition) is 36. The number of ether oxygens (including phenoxy) is 6. The van der Waals surface area contributed by atoms with Crippen LogP contribution in [-0.4, -0.2) is 231 Å². The molecule has 2 aromatic rings. The van der Waals surface area contributed by atoms with Crippen LogP contribution in [0, 0.1) is 63.2 Å². The third-order valence-corrected chi connectivity index (χ3v) is 17.6. The highest BCUT2D eigenvalue weighted by Gasteiger charge is 2.58. The summed E-state index contributed by atoms with van der Waals surface area (Å²) in [6, 6.07) is -0.199. The average Bonchev–Trinajstić information content (AvgIpc) is 1.46. The molecule has 22 N–H and O–H groups in total. The molecule has 1 saturated heterocycles. The molecule has 2 saturated carbocycles. The number of Topliss-reactive ketones (excluding diaryl/α,β-unsaturated/α-hetero) is 1. The smallest absolute Gasteiger partial charge is 0.425 e. The van der Waals surface area contributed by atoms with Crippen LogP contribution in [0.1, 0.15) is 79.1 Å². The molecule has 552 valence electrons. The van der Waals surface area contributed by atoms with Crippen LogP contribution in [-0.2, 0) is 71.7 Å². The van der Waals surface area contributed by atoms with Gasteiger partial charge in [-0.25, -0.2) is 33.6 Å². The van der Waals surface area contributed by atoms with Gasteiger partial charge in [-0.2, -0.15) is 0 Å². The lowest BCUT2D eigenvalue weighted by molar-refractivity contribution is -0.314. The summed E-state index contributed by atoms with van der Waals surface area (Å²) in [5.41, 5.74) is -3.47. The first kappa shape index (κ1) is 82.6. The van der Waals surface area contributed by atoms with Gasteiger partial charge in [-0.05, 0) is 51.4 Å². The molecule has 2 heterocycles. The van der Waals surface area contributed by atoms with Crippen LogP contribution >= 0.6 is 12.6 Å². The molecule has 6 aliphatic rings. The fourth-order valence-electron chi connectivity index (χ4n) is 12.5. The van der Waals surface area contributed by atoms with Crippen molar-refractivity contribution in [2.75, 3.05) is 18.9 Å². The van der Waals surface area contributed by atoms with Gasteiger partial charge in [0.2, 0.25) is 18.7 Å². The minimum Gasteiger partial charge on any atom is -0.550 e. The Labute approximate surface area is 572 Å². The number of fused-ring (bicyclic) bond motifs is 4. The van der Waals surface area contributed by atoms with E-state index in [1.807, 2.05) is 6.92 Å². The number of phenols is 4. The van der Waals surface area contributed by atoms with E-state index in [1.54, 1.807) is 0 Å². The number of morpholine rings is 1. The number of nitrogen functional groups attached to an aromatic ring is 1. The largest absolute Gasteiger partial charge is 0.550 e. The van der Waals surface area contributed by atoms with E-state index in [1.165, 1.54) is 6.92 Å². The first-order valence-electron chi connectivity index (χ1n) is 28.7. The standard InChI is InChI=1S/C37H35NO31S.C11H15NO4.C10H14O3.2CH3/c1-3-13(40)20(47)8(22(49)27(3)70)21(48)26(30(55)56)68-34(61)10-15(42)4(14(41)9(17(10)44)28(51)52)6(19(46)23(50)36(63)65-2-39)32(59)67-25-12(38)18(45)7(33(60)69-37(64)31(57)58)5-16(43)11(29(53)54)35(62)66-24(5)25;1-2-6-8(13)5-7-10(9(6)11(14)15)16-4-3-12-7;1-5(11)8-6-2-3-7(4-6)9(8)10(12)13;;/h2,4,6,9,14-15,19,21,23,26,35-36,40-50,62-63,70H,38H2,1H3,(H,51,52)(H,53,54)(H,55,56)(H,57,58);7,12-13H,2-5H2,1H3,(H,14,15);6-9H,2-4H2,1H3,(H,12,13);2*1H3/q;;;2*+1/p-1. The number of phenolic OH excluding ortho intramolecular Hbond substituents is 4. The molecular formula is C60H69N2O38S+. The van der Waals surface area contributed by atoms with Gasteiger partial charge in [-0.1, -0.05) is 6.92 Å². The third-order valence-electron chi connectivity index (χ3n) is 17.0. The molecular weight excluding hydrogens is 1390 g/mol. The lowest BCUT2D eigenvalue weighted by Crippen LogP contribution is -2.58. The summed E-state index contributed by atoms with van der Waals surface area (Å²) in [6.07, 6.45) is -20.9. The Balaban J connectivity index is 0.000000564. The maximum Gasteiger partial charge on any atom is 0.425 e. The molecule has 3 fully saturated rings. The molecule has 0 aromatic heterocycles. The summed E-state index contributed by atoms with van der Waals surface area (Å²) in [6.45, 7) is 4.98. The van der Waals surface area contributed by atoms with E-state index in [0.717, 1.165) is 26.2 Å². The number of hydrogen-bond donors (Lipinski definition) is 22. The Morgan fingerprint density at radius 3 is 1.90 bits per heavy atom. The van der Waals surface area contributed by atoms with Crippen molar-refractivity contribution in [3.8, 4) is 34.5 Å². The van der Waals surface area contributed by atoms with Crippen LogP contribution in [0.3, 0.4) is 0 Å². The first-order chi connectivity index (χ1) is 46.1. The number of nitrogens with two attached hydrogens (primary N) is 1. The molecule has 40 nitrogen and oxygen atoms in total. The van der Waals surface area contributed by atoms with Crippen molar-refractivity contribution < 1.29 is 188 Å². The molecule has 2 bridgehead atoms. The summed E-state index contributed by atoms with van der Waals surface area (Å²) < 4.78 is 28.3. The molecule has 41 heteroatoms. The van der Waals surface area contributed by atoms with Crippen LogP contribution in [0.5, 0.6) is 34.5 Å². The number of aromatic hydroxyl groups is 4. The van der Waals surface area contributed by atoms with E-state index in [0.29, 0.717) is 43.2 Å². The highest BCUT2D eigenvalue weighted by atomic mass is 32.1. The summed E-state index contributed by atoms with van der Waals surface area (Å²) in [5.74, 6) is -42.5. The molecule has 0 radical (unpaired) electrons. The van der Waals surface area contributed by atoms with Gasteiger partial charge in [0.15, 0.2) is 28.7 Å². The number of esters is 4. The summed E-state index contributed by atoms with van der Waals surface area (Å²) >= 11 is 3.86. The zero-order valence-electron chi connectivity index (χ0n) is 53.0. The second kappa shape index (κ2) is 32.9. The first-order valence-corrected chi connectivity index (χ1v) is 29.2. The Kier molecular flexibility index (Phi) is 26.9. The van der Waals surface area contributed by atoms with E-state index in [-0.39, 0.29) is 55.4 Å². The van der Waals surface area contributed by atoms with E-state index in [9.17, 15) is 155 Å². The van der Waals surface area contributed by atoms with Crippen molar-refractivity contribution >= 4 is 96.0 Å². The lowest BCUT2D eigenvalue weighted by Gasteiger charge is -2.42. The number of carbonyl (C=O) groups excluding carboxylic acids is 7. The van der Waals surface area contributed by atoms with Crippen molar-refractivity contribution in [2.24, 2.45) is 41.4 Å². The molecule has 2 aromatic carbocycles. The minimum atomic E-state index is -3.27. The number of carbonyl (C=O) groups is 12.